The van der Waals surface area contributed by atoms with E-state index in [9.17, 15) is 4.79 Å². The Morgan fingerprint density at radius 3 is 2.80 bits per heavy atom. The summed E-state index contributed by atoms with van der Waals surface area (Å²) in [5, 5.41) is 11.3. The summed E-state index contributed by atoms with van der Waals surface area (Å²) in [6, 6.07) is 3.74. The number of anilines is 1. The molecular formula is C13H14IN5O. The highest BCUT2D eigenvalue weighted by Crippen LogP contribution is 2.18. The molecule has 0 unspecified atom stereocenters. The van der Waals surface area contributed by atoms with Crippen LogP contribution in [0, 0.1) is 9.11 Å². The van der Waals surface area contributed by atoms with Gasteiger partial charge in [-0.1, -0.05) is 0 Å². The van der Waals surface area contributed by atoms with Gasteiger partial charge in [-0.25, -0.2) is 4.98 Å². The van der Waals surface area contributed by atoms with Crippen LogP contribution in [0.5, 0.6) is 0 Å². The van der Waals surface area contributed by atoms with Gasteiger partial charge in [0.15, 0.2) is 0 Å². The smallest absolute Gasteiger partial charge is 0.273 e. The van der Waals surface area contributed by atoms with Crippen LogP contribution in [0.4, 0.5) is 5.69 Å². The summed E-state index contributed by atoms with van der Waals surface area (Å²) in [4.78, 5) is 19.2. The lowest BCUT2D eigenvalue weighted by Gasteiger charge is -2.07. The number of halogens is 1. The van der Waals surface area contributed by atoms with Crippen LogP contribution in [-0.4, -0.2) is 21.6 Å². The maximum Gasteiger partial charge on any atom is 0.273 e. The van der Waals surface area contributed by atoms with Crippen LogP contribution < -0.4 is 11.1 Å². The maximum atomic E-state index is 11.9. The standard InChI is InChI=1S/C13H14IN5O/c1-6(7(2)15)11(16)13(20)18-9-3-8-4-10(14)19-12(8)17-5-9/h3-5,16H,15H2,1-2H3,(H,17,19)(H,18,20). The van der Waals surface area contributed by atoms with E-state index in [1.54, 1.807) is 26.1 Å². The van der Waals surface area contributed by atoms with Crippen molar-refractivity contribution in [3.8, 4) is 0 Å². The van der Waals surface area contributed by atoms with E-state index in [1.165, 1.54) is 0 Å². The van der Waals surface area contributed by atoms with Crippen molar-refractivity contribution in [3.05, 3.63) is 33.3 Å². The summed E-state index contributed by atoms with van der Waals surface area (Å²) in [7, 11) is 0. The van der Waals surface area contributed by atoms with Crippen molar-refractivity contribution < 1.29 is 4.79 Å². The molecule has 20 heavy (non-hydrogen) atoms. The Kier molecular flexibility index (Phi) is 4.07. The van der Waals surface area contributed by atoms with E-state index in [1.807, 2.05) is 6.07 Å². The molecule has 5 N–H and O–H groups in total. The summed E-state index contributed by atoms with van der Waals surface area (Å²) < 4.78 is 0.971. The number of hydrogen-bond acceptors (Lipinski definition) is 4. The first kappa shape index (κ1) is 14.5. The van der Waals surface area contributed by atoms with Gasteiger partial charge in [-0.05, 0) is 54.1 Å². The molecule has 0 aliphatic rings. The lowest BCUT2D eigenvalue weighted by molar-refractivity contribution is -0.110. The zero-order valence-electron chi connectivity index (χ0n) is 11.0. The number of amides is 1. The Hall–Kier alpha value is -1.90. The van der Waals surface area contributed by atoms with Crippen molar-refractivity contribution in [2.24, 2.45) is 5.73 Å². The van der Waals surface area contributed by atoms with Crippen LogP contribution in [0.3, 0.4) is 0 Å². The molecule has 0 spiro atoms. The Morgan fingerprint density at radius 2 is 2.15 bits per heavy atom. The number of nitrogens with zero attached hydrogens (tertiary/aromatic N) is 1. The Labute approximate surface area is 129 Å². The quantitative estimate of drug-likeness (QED) is 0.483. The maximum absolute atomic E-state index is 11.9. The van der Waals surface area contributed by atoms with Crippen LogP contribution in [-0.2, 0) is 4.79 Å². The monoisotopic (exact) mass is 383 g/mol. The highest BCUT2D eigenvalue weighted by atomic mass is 127. The highest BCUT2D eigenvalue weighted by molar-refractivity contribution is 14.1. The third-order valence-corrected chi connectivity index (χ3v) is 3.47. The van der Waals surface area contributed by atoms with Gasteiger partial charge in [0.05, 0.1) is 15.6 Å². The number of aromatic amines is 1. The van der Waals surface area contributed by atoms with Crippen molar-refractivity contribution in [2.75, 3.05) is 5.32 Å². The number of carbonyl (C=O) groups is 1. The summed E-state index contributed by atoms with van der Waals surface area (Å²) in [6.07, 6.45) is 1.55. The lowest BCUT2D eigenvalue weighted by Crippen LogP contribution is -2.24. The van der Waals surface area contributed by atoms with E-state index in [0.29, 0.717) is 17.0 Å². The van der Waals surface area contributed by atoms with Crippen LogP contribution in [0.1, 0.15) is 13.8 Å². The molecule has 7 heteroatoms. The molecule has 2 rings (SSSR count). The first-order valence-corrected chi connectivity index (χ1v) is 6.94. The molecule has 0 radical (unpaired) electrons. The lowest BCUT2D eigenvalue weighted by atomic mass is 10.1. The summed E-state index contributed by atoms with van der Waals surface area (Å²) in [5.41, 5.74) is 7.67. The van der Waals surface area contributed by atoms with Gasteiger partial charge in [-0.2, -0.15) is 0 Å². The molecule has 0 aliphatic carbocycles. The van der Waals surface area contributed by atoms with Crippen LogP contribution in [0.2, 0.25) is 0 Å². The first-order valence-electron chi connectivity index (χ1n) is 5.86. The van der Waals surface area contributed by atoms with Gasteiger partial charge in [0.1, 0.15) is 11.4 Å². The number of aromatic nitrogens is 2. The van der Waals surface area contributed by atoms with E-state index in [-0.39, 0.29) is 5.71 Å². The minimum Gasteiger partial charge on any atom is -0.402 e. The summed E-state index contributed by atoms with van der Waals surface area (Å²) in [5.74, 6) is -0.501. The minimum atomic E-state index is -0.501. The van der Waals surface area contributed by atoms with Gasteiger partial charge in [0.2, 0.25) is 0 Å². The third-order valence-electron chi connectivity index (χ3n) is 2.89. The summed E-state index contributed by atoms with van der Waals surface area (Å²) in [6.45, 7) is 3.31. The molecule has 2 heterocycles. The molecular weight excluding hydrogens is 369 g/mol. The van der Waals surface area contributed by atoms with Crippen molar-refractivity contribution >= 4 is 50.9 Å². The van der Waals surface area contributed by atoms with Crippen molar-refractivity contribution in [3.63, 3.8) is 0 Å². The van der Waals surface area contributed by atoms with E-state index in [2.05, 4.69) is 37.9 Å². The van der Waals surface area contributed by atoms with Gasteiger partial charge < -0.3 is 16.0 Å². The second kappa shape index (κ2) is 5.61. The molecule has 0 saturated carbocycles. The molecule has 0 aromatic carbocycles. The fraction of sp³-hybridized carbons (Fsp3) is 0.154. The number of nitrogens with one attached hydrogen (secondary N) is 3. The van der Waals surface area contributed by atoms with Crippen LogP contribution in [0.25, 0.3) is 11.0 Å². The summed E-state index contributed by atoms with van der Waals surface area (Å²) >= 11 is 2.16. The number of nitrogens with two attached hydrogens (primary N) is 1. The van der Waals surface area contributed by atoms with Crippen LogP contribution >= 0.6 is 22.6 Å². The van der Waals surface area contributed by atoms with Gasteiger partial charge in [0, 0.05) is 11.1 Å². The normalized spacial score (nSPS) is 12.2. The molecule has 0 fully saturated rings. The predicted octanol–water partition coefficient (Wildman–Crippen LogP) is 2.38. The molecule has 2 aromatic heterocycles. The number of carbonyl (C=O) groups excluding carboxylic acids is 1. The number of H-pyrrole nitrogens is 1. The SMILES string of the molecule is CC(N)=C(C)C(=N)C(=O)Nc1cnc2[nH]c(I)cc2c1. The molecule has 0 saturated heterocycles. The fourth-order valence-electron chi connectivity index (χ4n) is 1.61. The molecule has 1 amide bonds. The molecule has 0 aliphatic heterocycles. The zero-order valence-corrected chi connectivity index (χ0v) is 13.2. The number of fused-ring (bicyclic) bond motifs is 1. The fourth-order valence-corrected chi connectivity index (χ4v) is 2.20. The number of hydrogen-bond donors (Lipinski definition) is 4. The molecule has 0 bridgehead atoms. The number of allylic oxidation sites excluding steroid dienone is 1. The van der Waals surface area contributed by atoms with Gasteiger partial charge >= 0.3 is 0 Å². The molecule has 0 atom stereocenters. The van der Waals surface area contributed by atoms with Gasteiger partial charge in [-0.15, -0.1) is 0 Å². The Bertz CT molecular complexity index is 727. The third kappa shape index (κ3) is 2.98. The predicted molar refractivity (Wildman–Crippen MR) is 87.7 cm³/mol. The largest absolute Gasteiger partial charge is 0.402 e. The second-order valence-electron chi connectivity index (χ2n) is 4.42. The van der Waals surface area contributed by atoms with E-state index >= 15 is 0 Å². The molecule has 2 aromatic rings. The Balaban J connectivity index is 2.21. The van der Waals surface area contributed by atoms with Gasteiger partial charge in [-0.3, -0.25) is 10.2 Å². The Morgan fingerprint density at radius 1 is 1.45 bits per heavy atom. The van der Waals surface area contributed by atoms with E-state index in [0.717, 1.165) is 14.7 Å². The topological polar surface area (TPSA) is 108 Å². The van der Waals surface area contributed by atoms with E-state index in [4.69, 9.17) is 11.1 Å². The number of rotatable bonds is 3. The zero-order chi connectivity index (χ0) is 14.9. The molecule has 104 valence electrons. The minimum absolute atomic E-state index is 0.145. The van der Waals surface area contributed by atoms with E-state index < -0.39 is 5.91 Å². The van der Waals surface area contributed by atoms with Crippen molar-refractivity contribution in [2.45, 2.75) is 13.8 Å². The highest BCUT2D eigenvalue weighted by Gasteiger charge is 2.13. The average molecular weight is 383 g/mol. The van der Waals surface area contributed by atoms with Gasteiger partial charge in [0.25, 0.3) is 5.91 Å². The van der Waals surface area contributed by atoms with Crippen LogP contribution in [0.15, 0.2) is 29.6 Å². The molecule has 6 nitrogen and oxygen atoms in total. The second-order valence-corrected chi connectivity index (χ2v) is 5.58. The van der Waals surface area contributed by atoms with Crippen molar-refractivity contribution in [1.82, 2.24) is 9.97 Å². The first-order chi connectivity index (χ1) is 9.38. The average Bonchev–Trinajstić information content (AvgIpc) is 2.76. The number of pyridine rings is 1. The van der Waals surface area contributed by atoms with Crippen molar-refractivity contribution in [1.29, 1.82) is 5.41 Å².